The van der Waals surface area contributed by atoms with Gasteiger partial charge in [0.2, 0.25) is 15.9 Å². The Morgan fingerprint density at radius 2 is 1.71 bits per heavy atom. The highest BCUT2D eigenvalue weighted by molar-refractivity contribution is 7.92. The van der Waals surface area contributed by atoms with Crippen molar-refractivity contribution >= 4 is 38.9 Å². The molecule has 1 N–H and O–H groups in total. The first-order chi connectivity index (χ1) is 12.8. The van der Waals surface area contributed by atoms with E-state index in [1.165, 1.54) is 19.1 Å². The van der Waals surface area contributed by atoms with Gasteiger partial charge in [-0.2, -0.15) is 13.2 Å². The summed E-state index contributed by atoms with van der Waals surface area (Å²) in [6, 6.07) is 7.71. The molecule has 2 aromatic rings. The lowest BCUT2D eigenvalue weighted by Gasteiger charge is -2.28. The summed E-state index contributed by atoms with van der Waals surface area (Å²) in [5.41, 5.74) is -0.0972. The molecule has 10 heteroatoms. The number of amides is 1. The lowest BCUT2D eigenvalue weighted by Crippen LogP contribution is -2.45. The number of carbonyl (C=O) groups excluding carboxylic acids is 1. The molecule has 0 heterocycles. The van der Waals surface area contributed by atoms with Gasteiger partial charge < -0.3 is 5.32 Å². The zero-order chi connectivity index (χ0) is 21.3. The number of nitrogens with one attached hydrogen (secondary N) is 1. The van der Waals surface area contributed by atoms with Crippen LogP contribution in [0.5, 0.6) is 0 Å². The zero-order valence-electron chi connectivity index (χ0n) is 15.2. The SMILES string of the molecule is Cc1ccc(N([C@@H](C)C(=O)Nc2cc(C(F)(F)F)ccc2Cl)S(C)(=O)=O)cc1. The van der Waals surface area contributed by atoms with Crippen molar-refractivity contribution in [1.82, 2.24) is 0 Å². The zero-order valence-corrected chi connectivity index (χ0v) is 16.8. The third-order valence-electron chi connectivity index (χ3n) is 3.93. The van der Waals surface area contributed by atoms with E-state index < -0.39 is 33.7 Å². The van der Waals surface area contributed by atoms with Crippen molar-refractivity contribution in [2.45, 2.75) is 26.1 Å². The number of alkyl halides is 3. The summed E-state index contributed by atoms with van der Waals surface area (Å²) < 4.78 is 64.0. The monoisotopic (exact) mass is 434 g/mol. The summed E-state index contributed by atoms with van der Waals surface area (Å²) in [4.78, 5) is 12.6. The van der Waals surface area contributed by atoms with Gasteiger partial charge in [-0.3, -0.25) is 9.10 Å². The molecule has 5 nitrogen and oxygen atoms in total. The second-order valence-corrected chi connectivity index (χ2v) is 8.52. The van der Waals surface area contributed by atoms with Crippen LogP contribution >= 0.6 is 11.6 Å². The quantitative estimate of drug-likeness (QED) is 0.755. The molecule has 0 unspecified atom stereocenters. The Bertz CT molecular complexity index is 977. The van der Waals surface area contributed by atoms with E-state index in [9.17, 15) is 26.4 Å². The molecule has 0 saturated heterocycles. The molecule has 28 heavy (non-hydrogen) atoms. The maximum absolute atomic E-state index is 12.9. The summed E-state index contributed by atoms with van der Waals surface area (Å²) in [6.07, 6.45) is -3.68. The lowest BCUT2D eigenvalue weighted by molar-refractivity contribution is -0.137. The molecular weight excluding hydrogens is 417 g/mol. The van der Waals surface area contributed by atoms with Crippen LogP contribution in [0.2, 0.25) is 5.02 Å². The van der Waals surface area contributed by atoms with E-state index in [1.54, 1.807) is 12.1 Å². The minimum absolute atomic E-state index is 0.102. The highest BCUT2D eigenvalue weighted by Crippen LogP contribution is 2.34. The molecule has 2 rings (SSSR count). The fourth-order valence-electron chi connectivity index (χ4n) is 2.54. The van der Waals surface area contributed by atoms with Crippen molar-refractivity contribution in [3.05, 3.63) is 58.6 Å². The third-order valence-corrected chi connectivity index (χ3v) is 5.50. The molecule has 152 valence electrons. The van der Waals surface area contributed by atoms with Gasteiger partial charge >= 0.3 is 6.18 Å². The van der Waals surface area contributed by atoms with Crippen LogP contribution < -0.4 is 9.62 Å². The van der Waals surface area contributed by atoms with Crippen LogP contribution in [-0.4, -0.2) is 26.6 Å². The van der Waals surface area contributed by atoms with Gasteiger partial charge in [0.1, 0.15) is 6.04 Å². The van der Waals surface area contributed by atoms with E-state index in [-0.39, 0.29) is 16.4 Å². The molecule has 0 spiro atoms. The molecule has 0 aliphatic carbocycles. The maximum Gasteiger partial charge on any atom is 0.416 e. The average Bonchev–Trinajstić information content (AvgIpc) is 2.56. The molecule has 1 amide bonds. The van der Waals surface area contributed by atoms with Gasteiger partial charge in [0.05, 0.1) is 28.2 Å². The van der Waals surface area contributed by atoms with Gasteiger partial charge in [0, 0.05) is 0 Å². The fraction of sp³-hybridized carbons (Fsp3) is 0.278. The van der Waals surface area contributed by atoms with Crippen LogP contribution in [0.3, 0.4) is 0 Å². The Morgan fingerprint density at radius 1 is 1.14 bits per heavy atom. The maximum atomic E-state index is 12.9. The molecule has 0 aliphatic heterocycles. The molecule has 0 saturated carbocycles. The topological polar surface area (TPSA) is 66.5 Å². The minimum atomic E-state index is -4.61. The van der Waals surface area contributed by atoms with Gasteiger partial charge in [0.25, 0.3) is 0 Å². The van der Waals surface area contributed by atoms with Gasteiger partial charge in [-0.15, -0.1) is 0 Å². The predicted molar refractivity (Wildman–Crippen MR) is 103 cm³/mol. The van der Waals surface area contributed by atoms with Crippen molar-refractivity contribution in [3.63, 3.8) is 0 Å². The second-order valence-electron chi connectivity index (χ2n) is 6.25. The van der Waals surface area contributed by atoms with Crippen LogP contribution in [0.1, 0.15) is 18.1 Å². The molecule has 2 aromatic carbocycles. The number of benzene rings is 2. The number of anilines is 2. The van der Waals surface area contributed by atoms with E-state index in [0.717, 1.165) is 28.3 Å². The largest absolute Gasteiger partial charge is 0.416 e. The summed E-state index contributed by atoms with van der Waals surface area (Å²) in [5.74, 6) is -0.827. The van der Waals surface area contributed by atoms with Crippen molar-refractivity contribution < 1.29 is 26.4 Å². The first kappa shape index (κ1) is 22.0. The minimum Gasteiger partial charge on any atom is -0.323 e. The molecule has 0 radical (unpaired) electrons. The molecule has 1 atom stereocenters. The number of rotatable bonds is 5. The highest BCUT2D eigenvalue weighted by Gasteiger charge is 2.32. The normalized spacial score (nSPS) is 13.1. The average molecular weight is 435 g/mol. The summed E-state index contributed by atoms with van der Waals surface area (Å²) >= 11 is 5.89. The number of hydrogen-bond acceptors (Lipinski definition) is 3. The summed E-state index contributed by atoms with van der Waals surface area (Å²) in [7, 11) is -3.85. The third kappa shape index (κ3) is 5.17. The molecule has 0 fully saturated rings. The van der Waals surface area contributed by atoms with E-state index in [4.69, 9.17) is 11.6 Å². The van der Waals surface area contributed by atoms with Gasteiger partial charge in [-0.05, 0) is 44.2 Å². The number of aryl methyl sites for hydroxylation is 1. The smallest absolute Gasteiger partial charge is 0.323 e. The highest BCUT2D eigenvalue weighted by atomic mass is 35.5. The van der Waals surface area contributed by atoms with Gasteiger partial charge in [-0.1, -0.05) is 29.3 Å². The van der Waals surface area contributed by atoms with Crippen LogP contribution in [0, 0.1) is 6.92 Å². The van der Waals surface area contributed by atoms with Crippen LogP contribution in [0.25, 0.3) is 0 Å². The van der Waals surface area contributed by atoms with Crippen LogP contribution in [0.4, 0.5) is 24.5 Å². The predicted octanol–water partition coefficient (Wildman–Crippen LogP) is 4.46. The van der Waals surface area contributed by atoms with Crippen molar-refractivity contribution in [2.75, 3.05) is 15.9 Å². The first-order valence-electron chi connectivity index (χ1n) is 8.04. The van der Waals surface area contributed by atoms with E-state index in [1.807, 2.05) is 6.92 Å². The number of sulfonamides is 1. The standard InChI is InChI=1S/C18H18ClF3N2O3S/c1-11-4-7-14(8-5-11)24(28(3,26)27)12(2)17(25)23-16-10-13(18(20,21)22)6-9-15(16)19/h4-10,12H,1-3H3,(H,23,25)/t12-/m0/s1. The van der Waals surface area contributed by atoms with Gasteiger partial charge in [-0.25, -0.2) is 8.42 Å². The number of hydrogen-bond donors (Lipinski definition) is 1. The van der Waals surface area contributed by atoms with Crippen molar-refractivity contribution in [3.8, 4) is 0 Å². The lowest BCUT2D eigenvalue weighted by atomic mass is 10.1. The van der Waals surface area contributed by atoms with Crippen LogP contribution in [0.15, 0.2) is 42.5 Å². The van der Waals surface area contributed by atoms with E-state index in [2.05, 4.69) is 5.32 Å². The second kappa shape index (κ2) is 8.00. The van der Waals surface area contributed by atoms with E-state index >= 15 is 0 Å². The Labute approximate surface area is 166 Å². The number of halogens is 4. The Kier molecular flexibility index (Phi) is 6.30. The Morgan fingerprint density at radius 3 is 2.21 bits per heavy atom. The summed E-state index contributed by atoms with van der Waals surface area (Å²) in [5, 5.41) is 2.18. The number of carbonyl (C=O) groups is 1. The number of nitrogens with zero attached hydrogens (tertiary/aromatic N) is 1. The van der Waals surface area contributed by atoms with Crippen molar-refractivity contribution in [1.29, 1.82) is 0 Å². The fourth-order valence-corrected chi connectivity index (χ4v) is 3.87. The Hall–Kier alpha value is -2.26. The van der Waals surface area contributed by atoms with Crippen molar-refractivity contribution in [2.24, 2.45) is 0 Å². The first-order valence-corrected chi connectivity index (χ1v) is 10.3. The Balaban J connectivity index is 2.35. The summed E-state index contributed by atoms with van der Waals surface area (Å²) in [6.45, 7) is 3.15. The van der Waals surface area contributed by atoms with Gasteiger partial charge in [0.15, 0.2) is 0 Å². The van der Waals surface area contributed by atoms with E-state index in [0.29, 0.717) is 6.07 Å². The van der Waals surface area contributed by atoms with Crippen LogP contribution in [-0.2, 0) is 21.0 Å². The molecule has 0 aromatic heterocycles. The molecule has 0 aliphatic rings. The molecular formula is C18H18ClF3N2O3S. The molecule has 0 bridgehead atoms.